The third-order valence-corrected chi connectivity index (χ3v) is 3.56. The molecule has 0 fully saturated rings. The number of hydrogen-bond donors (Lipinski definition) is 2. The van der Waals surface area contributed by atoms with Gasteiger partial charge in [-0.3, -0.25) is 14.9 Å². The predicted octanol–water partition coefficient (Wildman–Crippen LogP) is 0.481. The van der Waals surface area contributed by atoms with Crippen LogP contribution in [0.2, 0.25) is 0 Å². The van der Waals surface area contributed by atoms with Crippen molar-refractivity contribution in [3.05, 3.63) is 33.6 Å². The quantitative estimate of drug-likeness (QED) is 0.339. The fraction of sp³-hybridized carbons (Fsp3) is 0.364. The maximum atomic E-state index is 13.2. The number of anilines is 1. The first-order valence-corrected chi connectivity index (χ1v) is 7.87. The fourth-order valence-corrected chi connectivity index (χ4v) is 2.21. The summed E-state index contributed by atoms with van der Waals surface area (Å²) in [4.78, 5) is 21.7. The van der Waals surface area contributed by atoms with E-state index < -0.39 is 32.2 Å². The molecule has 1 amide bonds. The number of carbonyl (C=O) groups is 1. The van der Waals surface area contributed by atoms with Crippen molar-refractivity contribution in [2.24, 2.45) is 0 Å². The fourth-order valence-electron chi connectivity index (χ4n) is 1.54. The van der Waals surface area contributed by atoms with Gasteiger partial charge in [-0.25, -0.2) is 12.8 Å². The number of rotatable bonds is 6. The number of carbonyl (C=O) groups excluding carboxylic acids is 1. The molecule has 1 aromatic carbocycles. The minimum absolute atomic E-state index is 0.0142. The number of amides is 1. The van der Waals surface area contributed by atoms with E-state index in [1.807, 2.05) is 0 Å². The van der Waals surface area contributed by atoms with Gasteiger partial charge >= 0.3 is 0 Å². The SMILES string of the molecule is CS(=O)(=O)CCCNC(=O)c1cc(N)c(F)cc1[N+](=O)[O-]. The summed E-state index contributed by atoms with van der Waals surface area (Å²) in [5.74, 6) is -1.93. The van der Waals surface area contributed by atoms with Gasteiger partial charge in [-0.1, -0.05) is 0 Å². The van der Waals surface area contributed by atoms with E-state index in [-0.39, 0.29) is 30.0 Å². The highest BCUT2D eigenvalue weighted by molar-refractivity contribution is 7.90. The molecule has 116 valence electrons. The Morgan fingerprint density at radius 2 is 2.10 bits per heavy atom. The van der Waals surface area contributed by atoms with Crippen LogP contribution in [-0.2, 0) is 9.84 Å². The van der Waals surface area contributed by atoms with E-state index >= 15 is 0 Å². The Morgan fingerprint density at radius 1 is 1.48 bits per heavy atom. The van der Waals surface area contributed by atoms with Crippen LogP contribution in [0.5, 0.6) is 0 Å². The van der Waals surface area contributed by atoms with Crippen LogP contribution in [0, 0.1) is 15.9 Å². The maximum Gasteiger partial charge on any atom is 0.285 e. The molecule has 1 aromatic rings. The third-order valence-electron chi connectivity index (χ3n) is 2.53. The summed E-state index contributed by atoms with van der Waals surface area (Å²) >= 11 is 0. The van der Waals surface area contributed by atoms with Crippen molar-refractivity contribution in [1.29, 1.82) is 0 Å². The number of nitrogens with two attached hydrogens (primary N) is 1. The molecule has 0 unspecified atom stereocenters. The monoisotopic (exact) mass is 319 g/mol. The van der Waals surface area contributed by atoms with Crippen LogP contribution in [0.4, 0.5) is 15.8 Å². The second kappa shape index (κ2) is 6.48. The molecule has 21 heavy (non-hydrogen) atoms. The Balaban J connectivity index is 2.83. The zero-order valence-corrected chi connectivity index (χ0v) is 11.9. The molecule has 0 aliphatic carbocycles. The van der Waals surface area contributed by atoms with Crippen molar-refractivity contribution < 1.29 is 22.5 Å². The smallest absolute Gasteiger partial charge is 0.285 e. The Morgan fingerprint density at radius 3 is 2.62 bits per heavy atom. The van der Waals surface area contributed by atoms with Gasteiger partial charge in [0, 0.05) is 12.8 Å². The van der Waals surface area contributed by atoms with E-state index in [1.54, 1.807) is 0 Å². The summed E-state index contributed by atoms with van der Waals surface area (Å²) in [7, 11) is -3.15. The summed E-state index contributed by atoms with van der Waals surface area (Å²) < 4.78 is 35.0. The van der Waals surface area contributed by atoms with Gasteiger partial charge in [0.1, 0.15) is 15.4 Å². The van der Waals surface area contributed by atoms with Gasteiger partial charge in [0.25, 0.3) is 11.6 Å². The number of benzene rings is 1. The van der Waals surface area contributed by atoms with Gasteiger partial charge in [0.05, 0.1) is 22.4 Å². The molecule has 0 atom stereocenters. The molecule has 0 saturated heterocycles. The lowest BCUT2D eigenvalue weighted by Gasteiger charge is -2.07. The van der Waals surface area contributed by atoms with E-state index in [2.05, 4.69) is 5.32 Å². The van der Waals surface area contributed by atoms with Gasteiger partial charge in [-0.05, 0) is 12.5 Å². The Labute approximate surface area is 120 Å². The van der Waals surface area contributed by atoms with Crippen molar-refractivity contribution in [3.8, 4) is 0 Å². The molecule has 1 rings (SSSR count). The van der Waals surface area contributed by atoms with Crippen molar-refractivity contribution in [1.82, 2.24) is 5.32 Å². The lowest BCUT2D eigenvalue weighted by Crippen LogP contribution is -2.26. The first-order valence-electron chi connectivity index (χ1n) is 5.81. The zero-order valence-electron chi connectivity index (χ0n) is 11.1. The summed E-state index contributed by atoms with van der Waals surface area (Å²) in [6.45, 7) is 0.0142. The molecule has 0 aromatic heterocycles. The normalized spacial score (nSPS) is 11.1. The number of halogens is 1. The predicted molar refractivity (Wildman–Crippen MR) is 74.1 cm³/mol. The number of nitro groups is 1. The summed E-state index contributed by atoms with van der Waals surface area (Å²) in [6.07, 6.45) is 1.22. The molecule has 3 N–H and O–H groups in total. The van der Waals surface area contributed by atoms with E-state index in [0.29, 0.717) is 6.07 Å². The molecule has 0 saturated carbocycles. The maximum absolute atomic E-state index is 13.2. The van der Waals surface area contributed by atoms with Gasteiger partial charge in [0.2, 0.25) is 0 Å². The molecule has 0 radical (unpaired) electrons. The van der Waals surface area contributed by atoms with Crippen molar-refractivity contribution in [2.75, 3.05) is 24.3 Å². The molecule has 0 aliphatic heterocycles. The van der Waals surface area contributed by atoms with Crippen LogP contribution in [0.25, 0.3) is 0 Å². The van der Waals surface area contributed by atoms with Crippen LogP contribution in [-0.4, -0.2) is 37.8 Å². The Bertz CT molecular complexity index is 675. The lowest BCUT2D eigenvalue weighted by molar-refractivity contribution is -0.385. The highest BCUT2D eigenvalue weighted by Crippen LogP contribution is 2.24. The lowest BCUT2D eigenvalue weighted by atomic mass is 10.1. The standard InChI is InChI=1S/C11H14FN3O5S/c1-21(19,20)4-2-3-14-11(16)7-5-9(13)8(12)6-10(7)15(17)18/h5-6H,2-4,13H2,1H3,(H,14,16). The number of nitrogen functional groups attached to an aromatic ring is 1. The van der Waals surface area contributed by atoms with Crippen LogP contribution < -0.4 is 11.1 Å². The van der Waals surface area contributed by atoms with Gasteiger partial charge < -0.3 is 11.1 Å². The minimum atomic E-state index is -3.15. The minimum Gasteiger partial charge on any atom is -0.396 e. The van der Waals surface area contributed by atoms with Crippen LogP contribution in [0.15, 0.2) is 12.1 Å². The zero-order chi connectivity index (χ0) is 16.2. The molecular formula is C11H14FN3O5S. The summed E-state index contributed by atoms with van der Waals surface area (Å²) in [6, 6.07) is 1.44. The summed E-state index contributed by atoms with van der Waals surface area (Å²) in [5, 5.41) is 13.1. The Kier molecular flexibility index (Phi) is 5.19. The molecule has 0 spiro atoms. The molecule has 10 heteroatoms. The van der Waals surface area contributed by atoms with Crippen LogP contribution in [0.3, 0.4) is 0 Å². The molecule has 0 aliphatic rings. The number of sulfone groups is 1. The largest absolute Gasteiger partial charge is 0.396 e. The van der Waals surface area contributed by atoms with Crippen molar-refractivity contribution >= 4 is 27.1 Å². The van der Waals surface area contributed by atoms with E-state index in [1.165, 1.54) is 0 Å². The first kappa shape index (κ1) is 16.8. The Hall–Kier alpha value is -2.23. The molecule has 0 heterocycles. The van der Waals surface area contributed by atoms with E-state index in [9.17, 15) is 27.7 Å². The first-order chi connectivity index (χ1) is 9.61. The second-order valence-corrected chi connectivity index (χ2v) is 6.65. The van der Waals surface area contributed by atoms with Gasteiger partial charge in [0.15, 0.2) is 5.82 Å². The molecule has 8 nitrogen and oxygen atoms in total. The third kappa shape index (κ3) is 4.99. The topological polar surface area (TPSA) is 132 Å². The van der Waals surface area contributed by atoms with E-state index in [4.69, 9.17) is 5.73 Å². The van der Waals surface area contributed by atoms with Gasteiger partial charge in [-0.15, -0.1) is 0 Å². The highest BCUT2D eigenvalue weighted by atomic mass is 32.2. The van der Waals surface area contributed by atoms with Crippen LogP contribution >= 0.6 is 0 Å². The van der Waals surface area contributed by atoms with E-state index in [0.717, 1.165) is 12.3 Å². The molecular weight excluding hydrogens is 305 g/mol. The second-order valence-electron chi connectivity index (χ2n) is 4.39. The average Bonchev–Trinajstić information content (AvgIpc) is 2.35. The number of nitro benzene ring substituents is 1. The number of nitrogens with one attached hydrogen (secondary N) is 1. The molecule has 0 bridgehead atoms. The van der Waals surface area contributed by atoms with Crippen molar-refractivity contribution in [2.45, 2.75) is 6.42 Å². The van der Waals surface area contributed by atoms with Crippen molar-refractivity contribution in [3.63, 3.8) is 0 Å². The highest BCUT2D eigenvalue weighted by Gasteiger charge is 2.22. The summed E-state index contributed by atoms with van der Waals surface area (Å²) in [5.41, 5.74) is 3.81. The average molecular weight is 319 g/mol. The van der Waals surface area contributed by atoms with Crippen LogP contribution in [0.1, 0.15) is 16.8 Å². The van der Waals surface area contributed by atoms with Gasteiger partial charge in [-0.2, -0.15) is 0 Å². The number of nitrogens with zero attached hydrogens (tertiary/aromatic N) is 1. The number of hydrogen-bond acceptors (Lipinski definition) is 6.